The number of nitrogens with zero attached hydrogens (tertiary/aromatic N) is 5. The molecule has 0 saturated heterocycles. The highest BCUT2D eigenvalue weighted by Gasteiger charge is 2.15. The van der Waals surface area contributed by atoms with Gasteiger partial charge < -0.3 is 4.57 Å². The number of aryl methyl sites for hydroxylation is 1. The lowest BCUT2D eigenvalue weighted by atomic mass is 10.2. The molecule has 0 radical (unpaired) electrons. The molecule has 0 aliphatic heterocycles. The predicted molar refractivity (Wildman–Crippen MR) is 92.4 cm³/mol. The van der Waals surface area contributed by atoms with Crippen molar-refractivity contribution in [2.24, 2.45) is 19.2 Å². The number of imidazole rings is 1. The van der Waals surface area contributed by atoms with E-state index in [9.17, 15) is 18.8 Å². The second-order valence-electron chi connectivity index (χ2n) is 5.60. The summed E-state index contributed by atoms with van der Waals surface area (Å²) in [6.45, 7) is -0.218. The molecule has 0 aliphatic carbocycles. The van der Waals surface area contributed by atoms with Crippen LogP contribution in [0.15, 0.2) is 45.3 Å². The Morgan fingerprint density at radius 1 is 1.31 bits per heavy atom. The molecular weight excluding hydrogens is 343 g/mol. The molecule has 0 unspecified atom stereocenters. The maximum Gasteiger partial charge on any atom is 0.332 e. The Hall–Kier alpha value is -3.56. The normalized spacial score (nSPS) is 11.3. The van der Waals surface area contributed by atoms with Crippen molar-refractivity contribution in [1.29, 1.82) is 0 Å². The second kappa shape index (κ2) is 6.75. The zero-order valence-corrected chi connectivity index (χ0v) is 14.0. The van der Waals surface area contributed by atoms with Crippen LogP contribution in [0.4, 0.5) is 4.39 Å². The van der Waals surface area contributed by atoms with Gasteiger partial charge in [0, 0.05) is 14.1 Å². The Kier molecular flexibility index (Phi) is 4.48. The number of rotatable bonds is 4. The molecule has 0 saturated carbocycles. The van der Waals surface area contributed by atoms with Crippen molar-refractivity contribution in [1.82, 2.24) is 24.1 Å². The average Bonchev–Trinajstić information content (AvgIpc) is 3.02. The summed E-state index contributed by atoms with van der Waals surface area (Å²) in [5.74, 6) is -0.917. The Labute approximate surface area is 146 Å². The van der Waals surface area contributed by atoms with Crippen LogP contribution in [0.25, 0.3) is 11.2 Å². The van der Waals surface area contributed by atoms with E-state index in [4.69, 9.17) is 0 Å². The number of fused-ring (bicyclic) bond motifs is 1. The van der Waals surface area contributed by atoms with Crippen molar-refractivity contribution < 1.29 is 9.18 Å². The molecule has 26 heavy (non-hydrogen) atoms. The van der Waals surface area contributed by atoms with E-state index in [0.29, 0.717) is 5.56 Å². The van der Waals surface area contributed by atoms with Crippen LogP contribution >= 0.6 is 0 Å². The highest BCUT2D eigenvalue weighted by atomic mass is 19.1. The van der Waals surface area contributed by atoms with E-state index in [1.807, 2.05) is 0 Å². The fourth-order valence-electron chi connectivity index (χ4n) is 2.47. The monoisotopic (exact) mass is 358 g/mol. The van der Waals surface area contributed by atoms with Crippen LogP contribution in [0, 0.1) is 5.82 Å². The summed E-state index contributed by atoms with van der Waals surface area (Å²) in [7, 11) is 2.84. The molecule has 10 heteroatoms. The number of amides is 1. The summed E-state index contributed by atoms with van der Waals surface area (Å²) in [5, 5.41) is 3.75. The first-order valence-corrected chi connectivity index (χ1v) is 7.57. The minimum absolute atomic E-state index is 0.138. The van der Waals surface area contributed by atoms with Gasteiger partial charge in [-0.05, 0) is 17.7 Å². The van der Waals surface area contributed by atoms with Crippen LogP contribution in [0.5, 0.6) is 0 Å². The molecule has 0 fully saturated rings. The van der Waals surface area contributed by atoms with Crippen LogP contribution in [0.2, 0.25) is 0 Å². The van der Waals surface area contributed by atoms with Crippen molar-refractivity contribution in [3.8, 4) is 0 Å². The van der Waals surface area contributed by atoms with Gasteiger partial charge in [-0.2, -0.15) is 5.10 Å². The number of carbonyl (C=O) groups excluding carboxylic acids is 1. The van der Waals surface area contributed by atoms with Crippen LogP contribution in [-0.4, -0.2) is 30.8 Å². The van der Waals surface area contributed by atoms with Gasteiger partial charge in [-0.1, -0.05) is 12.1 Å². The maximum atomic E-state index is 13.1. The molecule has 2 heterocycles. The zero-order valence-electron chi connectivity index (χ0n) is 14.0. The van der Waals surface area contributed by atoms with Crippen LogP contribution < -0.4 is 16.7 Å². The molecule has 1 aromatic carbocycles. The third-order valence-corrected chi connectivity index (χ3v) is 3.78. The van der Waals surface area contributed by atoms with E-state index in [1.54, 1.807) is 6.07 Å². The molecule has 0 atom stereocenters. The average molecular weight is 358 g/mol. The molecule has 3 aromatic rings. The highest BCUT2D eigenvalue weighted by molar-refractivity contribution is 5.83. The predicted octanol–water partition coefficient (Wildman–Crippen LogP) is -0.277. The first kappa shape index (κ1) is 17.3. The summed E-state index contributed by atoms with van der Waals surface area (Å²) in [5.41, 5.74) is 2.06. The van der Waals surface area contributed by atoms with Crippen molar-refractivity contribution in [2.45, 2.75) is 6.54 Å². The number of hydrogen-bond donors (Lipinski definition) is 1. The lowest BCUT2D eigenvalue weighted by molar-refractivity contribution is -0.121. The largest absolute Gasteiger partial charge is 0.332 e. The van der Waals surface area contributed by atoms with Gasteiger partial charge in [-0.15, -0.1) is 0 Å². The van der Waals surface area contributed by atoms with E-state index in [1.165, 1.54) is 54.0 Å². The van der Waals surface area contributed by atoms with Gasteiger partial charge >= 0.3 is 5.69 Å². The molecule has 9 nitrogen and oxygen atoms in total. The van der Waals surface area contributed by atoms with E-state index >= 15 is 0 Å². The van der Waals surface area contributed by atoms with Gasteiger partial charge in [0.1, 0.15) is 12.4 Å². The highest BCUT2D eigenvalue weighted by Crippen LogP contribution is 2.05. The minimum Gasteiger partial charge on any atom is -0.315 e. The third-order valence-electron chi connectivity index (χ3n) is 3.78. The number of aromatic nitrogens is 4. The van der Waals surface area contributed by atoms with Crippen LogP contribution in [0.1, 0.15) is 5.56 Å². The maximum absolute atomic E-state index is 13.1. The van der Waals surface area contributed by atoms with E-state index in [2.05, 4.69) is 15.5 Å². The van der Waals surface area contributed by atoms with Crippen molar-refractivity contribution in [3.05, 3.63) is 62.8 Å². The van der Waals surface area contributed by atoms with E-state index in [0.717, 1.165) is 4.57 Å². The summed E-state index contributed by atoms with van der Waals surface area (Å²) >= 11 is 0. The molecule has 0 spiro atoms. The van der Waals surface area contributed by atoms with Crippen molar-refractivity contribution in [3.63, 3.8) is 0 Å². The Morgan fingerprint density at radius 2 is 2.08 bits per heavy atom. The van der Waals surface area contributed by atoms with E-state index < -0.39 is 23.0 Å². The topological polar surface area (TPSA) is 103 Å². The molecule has 2 aromatic heterocycles. The fourth-order valence-corrected chi connectivity index (χ4v) is 2.47. The lowest BCUT2D eigenvalue weighted by Gasteiger charge is -2.05. The number of hydrazone groups is 1. The zero-order chi connectivity index (χ0) is 18.8. The smallest absolute Gasteiger partial charge is 0.315 e. The standard InChI is InChI=1S/C16H15FN6O3/c1-21-14-13(15(25)22(2)16(21)26)23(9-18-14)8-12(24)20-19-7-10-4-3-5-11(17)6-10/h3-7,9H,8H2,1-2H3,(H,20,24). The summed E-state index contributed by atoms with van der Waals surface area (Å²) in [4.78, 5) is 40.2. The molecule has 134 valence electrons. The minimum atomic E-state index is -0.545. The quantitative estimate of drug-likeness (QED) is 0.512. The molecule has 3 rings (SSSR count). The third kappa shape index (κ3) is 3.16. The molecule has 0 aliphatic rings. The van der Waals surface area contributed by atoms with Crippen LogP contribution in [0.3, 0.4) is 0 Å². The molecule has 0 bridgehead atoms. The van der Waals surface area contributed by atoms with Crippen molar-refractivity contribution >= 4 is 23.3 Å². The van der Waals surface area contributed by atoms with Crippen molar-refractivity contribution in [2.75, 3.05) is 0 Å². The Morgan fingerprint density at radius 3 is 2.81 bits per heavy atom. The van der Waals surface area contributed by atoms with Gasteiger partial charge in [0.2, 0.25) is 0 Å². The summed E-state index contributed by atoms with van der Waals surface area (Å²) in [6.07, 6.45) is 2.61. The lowest BCUT2D eigenvalue weighted by Crippen LogP contribution is -2.38. The second-order valence-corrected chi connectivity index (χ2v) is 5.60. The molecule has 1 N–H and O–H groups in total. The molecular formula is C16H15FN6O3. The fraction of sp³-hybridized carbons (Fsp3) is 0.188. The van der Waals surface area contributed by atoms with Gasteiger partial charge in [-0.3, -0.25) is 18.7 Å². The number of halogens is 1. The summed E-state index contributed by atoms with van der Waals surface area (Å²) in [6, 6.07) is 5.72. The number of carbonyl (C=O) groups is 1. The van der Waals surface area contributed by atoms with Gasteiger partial charge in [-0.25, -0.2) is 19.6 Å². The van der Waals surface area contributed by atoms with Gasteiger partial charge in [0.25, 0.3) is 11.5 Å². The summed E-state index contributed by atoms with van der Waals surface area (Å²) < 4.78 is 16.6. The molecule has 1 amide bonds. The first-order valence-electron chi connectivity index (χ1n) is 7.57. The Balaban J connectivity index is 1.80. The van der Waals surface area contributed by atoms with Gasteiger partial charge in [0.05, 0.1) is 12.5 Å². The first-order chi connectivity index (χ1) is 12.4. The number of nitrogens with one attached hydrogen (secondary N) is 1. The van der Waals surface area contributed by atoms with Gasteiger partial charge in [0.15, 0.2) is 11.2 Å². The number of hydrogen-bond acceptors (Lipinski definition) is 5. The number of benzene rings is 1. The Bertz CT molecular complexity index is 1140. The van der Waals surface area contributed by atoms with E-state index in [-0.39, 0.29) is 17.7 Å². The SMILES string of the molecule is Cn1c(=O)c2c(ncn2CC(=O)NN=Cc2cccc(F)c2)n(C)c1=O. The van der Waals surface area contributed by atoms with Crippen LogP contribution in [-0.2, 0) is 25.4 Å².